The lowest BCUT2D eigenvalue weighted by Crippen LogP contribution is -2.22. The molecule has 1 heterocycles. The minimum Gasteiger partial charge on any atom is -0.398 e. The number of fused-ring (bicyclic) bond motifs is 5. The van der Waals surface area contributed by atoms with Gasteiger partial charge in [-0.15, -0.1) is 0 Å². The molecule has 3 aliphatic carbocycles. The molecule has 0 saturated heterocycles. The quantitative estimate of drug-likeness (QED) is 0.0289. The van der Waals surface area contributed by atoms with Gasteiger partial charge in [0.15, 0.2) is 0 Å². The summed E-state index contributed by atoms with van der Waals surface area (Å²) < 4.78 is 0. The summed E-state index contributed by atoms with van der Waals surface area (Å²) in [4.78, 5) is 5.12. The molecule has 0 amide bonds. The van der Waals surface area contributed by atoms with Gasteiger partial charge in [-0.25, -0.2) is 0 Å². The van der Waals surface area contributed by atoms with Gasteiger partial charge in [-0.1, -0.05) is 163 Å². The average molecular weight is 845 g/mol. The van der Waals surface area contributed by atoms with Crippen LogP contribution in [0.4, 0.5) is 0 Å². The monoisotopic (exact) mass is 844 g/mol. The number of benzene rings is 5. The Labute approximate surface area is 371 Å². The van der Waals surface area contributed by atoms with Crippen LogP contribution in [0.5, 0.6) is 0 Å². The summed E-state index contributed by atoms with van der Waals surface area (Å²) in [6.45, 7) is 0. The lowest BCUT2D eigenvalue weighted by atomic mass is 9.70. The maximum absolute atomic E-state index is 9.30. The first kappa shape index (κ1) is 41.1. The van der Waals surface area contributed by atoms with E-state index in [4.69, 9.17) is 22.2 Å². The first-order chi connectivity index (χ1) is 30.3. The van der Waals surface area contributed by atoms with Crippen LogP contribution in [0.1, 0.15) is 52.7 Å². The normalized spacial score (nSPS) is 18.2. The molecule has 0 radical (unpaired) electrons. The number of aromatic nitrogens is 1. The maximum atomic E-state index is 9.30. The highest BCUT2D eigenvalue weighted by Crippen LogP contribution is 2.45. The van der Waals surface area contributed by atoms with E-state index in [9.17, 15) is 10.8 Å². The molecule has 4 atom stereocenters. The fourth-order valence-corrected chi connectivity index (χ4v) is 10.2. The Morgan fingerprint density at radius 3 is 2.26 bits per heavy atom. The predicted octanol–water partition coefficient (Wildman–Crippen LogP) is 12.5. The molecule has 9 rings (SSSR count). The van der Waals surface area contributed by atoms with Gasteiger partial charge in [-0.05, 0) is 111 Å². The molecule has 8 N–H and O–H groups in total. The standard InChI is InChI=1S/C54H48N6S2/c55-48(46-32-35-17-4-6-19-40(35)42-21-8-10-23-44(42)46)25-12-13-28-51(56)61-52(57)38-29-37(34-15-2-1-3-16-34)30-39(31-38)53(58)62-54(59)50-27-14-26-49(60-50)47-33-36-18-5-7-20-41(36)43-22-9-11-24-45(43)47/h1-4,6-17,19-27,29-33,43,45,51,54,57-58H,5,18,28,55-56,59H2/b13-12-,48-25-,57-52?,58-53?. The maximum Gasteiger partial charge on any atom is 0.0999 e. The summed E-state index contributed by atoms with van der Waals surface area (Å²) in [5.74, 6) is 0.507. The summed E-state index contributed by atoms with van der Waals surface area (Å²) in [6, 6.07) is 40.9. The highest BCUT2D eigenvalue weighted by Gasteiger charge is 2.32. The van der Waals surface area contributed by atoms with Gasteiger partial charge < -0.3 is 17.2 Å². The van der Waals surface area contributed by atoms with Crippen LogP contribution >= 0.6 is 23.5 Å². The second-order valence-corrected chi connectivity index (χ2v) is 18.2. The van der Waals surface area contributed by atoms with Gasteiger partial charge in [0.25, 0.3) is 0 Å². The van der Waals surface area contributed by atoms with E-state index < -0.39 is 5.37 Å². The Balaban J connectivity index is 0.903. The summed E-state index contributed by atoms with van der Waals surface area (Å²) in [7, 11) is 0. The zero-order chi connectivity index (χ0) is 42.6. The van der Waals surface area contributed by atoms with Gasteiger partial charge in [-0.3, -0.25) is 15.8 Å². The van der Waals surface area contributed by atoms with Crippen LogP contribution in [0.15, 0.2) is 193 Å². The molecule has 0 bridgehead atoms. The molecule has 3 aliphatic rings. The number of hydrogen-bond donors (Lipinski definition) is 5. The number of nitrogens with two attached hydrogens (primary N) is 3. The third-order valence-electron chi connectivity index (χ3n) is 11.7. The van der Waals surface area contributed by atoms with Crippen LogP contribution in [-0.2, 0) is 0 Å². The number of hydrogen-bond acceptors (Lipinski definition) is 8. The molecule has 0 spiro atoms. The number of nitrogens with one attached hydrogen (secondary N) is 2. The van der Waals surface area contributed by atoms with E-state index in [1.807, 2.05) is 91.0 Å². The van der Waals surface area contributed by atoms with Crippen LogP contribution in [0.2, 0.25) is 0 Å². The molecule has 4 unspecified atom stereocenters. The van der Waals surface area contributed by atoms with Crippen molar-refractivity contribution in [2.24, 2.45) is 29.0 Å². The van der Waals surface area contributed by atoms with Gasteiger partial charge in [0.2, 0.25) is 0 Å². The predicted molar refractivity (Wildman–Crippen MR) is 266 cm³/mol. The summed E-state index contributed by atoms with van der Waals surface area (Å²) in [5, 5.41) is 22.8. The van der Waals surface area contributed by atoms with E-state index in [0.29, 0.717) is 39.3 Å². The third kappa shape index (κ3) is 8.73. The molecule has 62 heavy (non-hydrogen) atoms. The topological polar surface area (TPSA) is 139 Å². The van der Waals surface area contributed by atoms with Crippen LogP contribution in [0.25, 0.3) is 43.9 Å². The SMILES string of the molecule is N=C(SC(N)C/C=C\C=C(/N)c1cc2ccccc2c2ccccc12)c1cc(C(=N)SC(N)c2cccc(C3=CC4=C(C=CCC4)C4C=CC=CC34)n2)cc(-c2ccccc2)c1. The lowest BCUT2D eigenvalue weighted by Gasteiger charge is -2.34. The van der Waals surface area contributed by atoms with Crippen molar-refractivity contribution in [3.63, 3.8) is 0 Å². The van der Waals surface area contributed by atoms with Crippen LogP contribution in [0.3, 0.4) is 0 Å². The largest absolute Gasteiger partial charge is 0.398 e. The minimum atomic E-state index is -0.572. The third-order valence-corrected chi connectivity index (χ3v) is 13.7. The van der Waals surface area contributed by atoms with Crippen molar-refractivity contribution in [1.29, 1.82) is 10.8 Å². The van der Waals surface area contributed by atoms with E-state index in [-0.39, 0.29) is 11.3 Å². The van der Waals surface area contributed by atoms with Crippen LogP contribution in [0, 0.1) is 22.7 Å². The molecule has 5 aromatic carbocycles. The van der Waals surface area contributed by atoms with Crippen molar-refractivity contribution in [1.82, 2.24) is 4.98 Å². The fourth-order valence-electron chi connectivity index (χ4n) is 8.66. The van der Waals surface area contributed by atoms with Crippen LogP contribution < -0.4 is 17.2 Å². The zero-order valence-electron chi connectivity index (χ0n) is 34.2. The Kier molecular flexibility index (Phi) is 12.2. The van der Waals surface area contributed by atoms with E-state index in [1.54, 1.807) is 0 Å². The number of rotatable bonds is 11. The van der Waals surface area contributed by atoms with E-state index in [0.717, 1.165) is 51.7 Å². The second-order valence-electron chi connectivity index (χ2n) is 15.8. The summed E-state index contributed by atoms with van der Waals surface area (Å²) >= 11 is 2.56. The second kappa shape index (κ2) is 18.4. The molecule has 6 aromatic rings. The van der Waals surface area contributed by atoms with Crippen molar-refractivity contribution >= 4 is 66.4 Å². The molecule has 1 aromatic heterocycles. The number of nitrogens with zero attached hydrogens (tertiary/aromatic N) is 1. The molecule has 306 valence electrons. The molecule has 8 heteroatoms. The van der Waals surface area contributed by atoms with Gasteiger partial charge >= 0.3 is 0 Å². The Morgan fingerprint density at radius 2 is 1.45 bits per heavy atom. The molecule has 0 aliphatic heterocycles. The van der Waals surface area contributed by atoms with Crippen molar-refractivity contribution in [3.8, 4) is 11.1 Å². The highest BCUT2D eigenvalue weighted by atomic mass is 32.2. The first-order valence-corrected chi connectivity index (χ1v) is 22.8. The highest BCUT2D eigenvalue weighted by molar-refractivity contribution is 8.15. The average Bonchev–Trinajstić information content (AvgIpc) is 3.32. The molecular weight excluding hydrogens is 797 g/mol. The van der Waals surface area contributed by atoms with Crippen molar-refractivity contribution < 1.29 is 0 Å². The Hall–Kier alpha value is -6.29. The van der Waals surface area contributed by atoms with E-state index >= 15 is 0 Å². The fraction of sp³-hybridized carbons (Fsp3) is 0.130. The Morgan fingerprint density at radius 1 is 0.742 bits per heavy atom. The van der Waals surface area contributed by atoms with E-state index in [2.05, 4.69) is 91.1 Å². The lowest BCUT2D eigenvalue weighted by molar-refractivity contribution is 0.633. The number of allylic oxidation sites excluding steroid dienone is 12. The van der Waals surface area contributed by atoms with Gasteiger partial charge in [0.1, 0.15) is 0 Å². The van der Waals surface area contributed by atoms with Crippen LogP contribution in [-0.4, -0.2) is 20.4 Å². The molecule has 0 saturated carbocycles. The first-order valence-electron chi connectivity index (χ1n) is 21.0. The minimum absolute atomic E-state index is 0.209. The van der Waals surface area contributed by atoms with Crippen molar-refractivity contribution in [2.75, 3.05) is 0 Å². The smallest absolute Gasteiger partial charge is 0.0999 e. The van der Waals surface area contributed by atoms with Crippen molar-refractivity contribution in [2.45, 2.75) is 30.0 Å². The van der Waals surface area contributed by atoms with E-state index in [1.165, 1.54) is 51.0 Å². The molecular formula is C54H48N6S2. The van der Waals surface area contributed by atoms with Crippen molar-refractivity contribution in [3.05, 3.63) is 221 Å². The molecule has 6 nitrogen and oxygen atoms in total. The Bertz CT molecular complexity index is 2940. The van der Waals surface area contributed by atoms with Gasteiger partial charge in [-0.2, -0.15) is 0 Å². The van der Waals surface area contributed by atoms with Gasteiger partial charge in [0.05, 0.1) is 32.2 Å². The summed E-state index contributed by atoms with van der Waals surface area (Å²) in [5.41, 5.74) is 30.7. The molecule has 0 fully saturated rings. The zero-order valence-corrected chi connectivity index (χ0v) is 35.9. The van der Waals surface area contributed by atoms with Gasteiger partial charge in [0, 0.05) is 34.2 Å². The summed E-state index contributed by atoms with van der Waals surface area (Å²) in [6.07, 6.45) is 24.3. The number of thioether (sulfide) groups is 2. The number of pyridine rings is 1.